The van der Waals surface area contributed by atoms with Crippen LogP contribution in [0.1, 0.15) is 85.6 Å². The van der Waals surface area contributed by atoms with Gasteiger partial charge < -0.3 is 5.32 Å². The molecular weight excluding hydrogens is 370 g/mol. The van der Waals surface area contributed by atoms with Crippen molar-refractivity contribution >= 4 is 23.6 Å². The first-order chi connectivity index (χ1) is 14.1. The van der Waals surface area contributed by atoms with Gasteiger partial charge in [0.1, 0.15) is 6.04 Å². The summed E-state index contributed by atoms with van der Waals surface area (Å²) in [6.07, 6.45) is 2.30. The van der Waals surface area contributed by atoms with Crippen molar-refractivity contribution in [1.82, 2.24) is 15.5 Å². The molecule has 7 heteroatoms. The summed E-state index contributed by atoms with van der Waals surface area (Å²) >= 11 is 0. The van der Waals surface area contributed by atoms with Crippen LogP contribution in [0.2, 0.25) is 0 Å². The smallest absolute Gasteiger partial charge is 0.262 e. The Balaban J connectivity index is 0.000000707. The van der Waals surface area contributed by atoms with Gasteiger partial charge in [-0.1, -0.05) is 33.8 Å². The zero-order valence-corrected chi connectivity index (χ0v) is 17.7. The monoisotopic (exact) mass is 401 g/mol. The lowest BCUT2D eigenvalue weighted by molar-refractivity contribution is -0.136. The van der Waals surface area contributed by atoms with E-state index in [1.807, 2.05) is 33.8 Å². The topological polar surface area (TPSA) is 95.6 Å². The first-order valence-corrected chi connectivity index (χ1v) is 10.6. The number of benzene rings is 1. The van der Waals surface area contributed by atoms with E-state index >= 15 is 0 Å². The van der Waals surface area contributed by atoms with E-state index in [0.29, 0.717) is 17.0 Å². The molecule has 3 aliphatic heterocycles. The van der Waals surface area contributed by atoms with Crippen molar-refractivity contribution in [1.29, 1.82) is 0 Å². The molecule has 0 bridgehead atoms. The number of hydrogen-bond acceptors (Lipinski definition) is 5. The Morgan fingerprint density at radius 1 is 0.862 bits per heavy atom. The molecule has 1 unspecified atom stereocenters. The number of nitrogens with zero attached hydrogens (tertiary/aromatic N) is 1. The van der Waals surface area contributed by atoms with Gasteiger partial charge in [-0.05, 0) is 56.0 Å². The molecule has 1 aromatic rings. The highest BCUT2D eigenvalue weighted by Gasteiger charge is 2.44. The second kappa shape index (κ2) is 10.3. The van der Waals surface area contributed by atoms with E-state index in [2.05, 4.69) is 10.6 Å². The maximum Gasteiger partial charge on any atom is 0.262 e. The summed E-state index contributed by atoms with van der Waals surface area (Å²) in [4.78, 5) is 49.8. The van der Waals surface area contributed by atoms with Crippen LogP contribution in [0.15, 0.2) is 18.2 Å². The number of imide groups is 2. The molecule has 2 N–H and O–H groups in total. The third kappa shape index (κ3) is 4.56. The largest absolute Gasteiger partial charge is 0.317 e. The van der Waals surface area contributed by atoms with Crippen LogP contribution in [0.3, 0.4) is 0 Å². The Labute approximate surface area is 172 Å². The summed E-state index contributed by atoms with van der Waals surface area (Å²) in [5, 5.41) is 5.52. The Hall–Kier alpha value is -2.54. The van der Waals surface area contributed by atoms with Crippen molar-refractivity contribution < 1.29 is 19.2 Å². The van der Waals surface area contributed by atoms with Gasteiger partial charge in [0.2, 0.25) is 11.8 Å². The highest BCUT2D eigenvalue weighted by Crippen LogP contribution is 2.32. The fourth-order valence-electron chi connectivity index (χ4n) is 3.90. The number of carbonyl (C=O) groups excluding carboxylic acids is 4. The highest BCUT2D eigenvalue weighted by molar-refractivity contribution is 6.23. The van der Waals surface area contributed by atoms with Crippen LogP contribution in [0.5, 0.6) is 0 Å². The summed E-state index contributed by atoms with van der Waals surface area (Å²) < 4.78 is 0. The Kier molecular flexibility index (Phi) is 8.08. The fraction of sp³-hybridized carbons (Fsp3) is 0.545. The lowest BCUT2D eigenvalue weighted by Gasteiger charge is -2.27. The van der Waals surface area contributed by atoms with Gasteiger partial charge in [0.25, 0.3) is 11.8 Å². The van der Waals surface area contributed by atoms with Crippen molar-refractivity contribution in [3.05, 3.63) is 34.9 Å². The first kappa shape index (κ1) is 22.7. The lowest BCUT2D eigenvalue weighted by atomic mass is 9.88. The van der Waals surface area contributed by atoms with Crippen molar-refractivity contribution in [2.24, 2.45) is 0 Å². The van der Waals surface area contributed by atoms with E-state index < -0.39 is 23.8 Å². The Morgan fingerprint density at radius 2 is 1.48 bits per heavy atom. The highest BCUT2D eigenvalue weighted by atomic mass is 16.2. The molecule has 0 aromatic heterocycles. The molecule has 1 atom stereocenters. The van der Waals surface area contributed by atoms with Gasteiger partial charge in [0.05, 0.1) is 11.1 Å². The van der Waals surface area contributed by atoms with Gasteiger partial charge in [-0.3, -0.25) is 29.4 Å². The molecule has 158 valence electrons. The number of piperidine rings is 2. The number of carbonyl (C=O) groups is 4. The van der Waals surface area contributed by atoms with Gasteiger partial charge >= 0.3 is 0 Å². The molecule has 2 fully saturated rings. The average Bonchev–Trinajstić information content (AvgIpc) is 3.02. The molecule has 1 aromatic carbocycles. The minimum absolute atomic E-state index is 0.129. The second-order valence-electron chi connectivity index (χ2n) is 6.78. The average molecular weight is 402 g/mol. The van der Waals surface area contributed by atoms with Crippen LogP contribution >= 0.6 is 0 Å². The van der Waals surface area contributed by atoms with Crippen molar-refractivity contribution in [3.63, 3.8) is 0 Å². The van der Waals surface area contributed by atoms with Gasteiger partial charge in [-0.25, -0.2) is 0 Å². The molecule has 0 radical (unpaired) electrons. The first-order valence-electron chi connectivity index (χ1n) is 10.6. The van der Waals surface area contributed by atoms with E-state index in [1.54, 1.807) is 12.1 Å². The van der Waals surface area contributed by atoms with E-state index in [-0.39, 0.29) is 18.7 Å². The zero-order chi connectivity index (χ0) is 21.6. The number of nitrogens with one attached hydrogen (secondary N) is 2. The van der Waals surface area contributed by atoms with E-state index in [9.17, 15) is 19.2 Å². The molecule has 4 amide bonds. The van der Waals surface area contributed by atoms with Crippen LogP contribution < -0.4 is 10.6 Å². The molecule has 7 nitrogen and oxygen atoms in total. The van der Waals surface area contributed by atoms with Crippen LogP contribution in [-0.2, 0) is 9.59 Å². The van der Waals surface area contributed by atoms with Crippen molar-refractivity contribution in [3.8, 4) is 0 Å². The van der Waals surface area contributed by atoms with Crippen LogP contribution in [0.25, 0.3) is 0 Å². The third-order valence-electron chi connectivity index (χ3n) is 5.27. The Morgan fingerprint density at radius 3 is 2.10 bits per heavy atom. The van der Waals surface area contributed by atoms with Crippen LogP contribution in [-0.4, -0.2) is 47.7 Å². The molecular formula is C22H31N3O4. The summed E-state index contributed by atoms with van der Waals surface area (Å²) in [6.45, 7) is 9.88. The molecule has 0 saturated carbocycles. The third-order valence-corrected chi connectivity index (χ3v) is 5.27. The van der Waals surface area contributed by atoms with Crippen LogP contribution in [0.4, 0.5) is 0 Å². The zero-order valence-electron chi connectivity index (χ0n) is 17.7. The number of amides is 4. The fourth-order valence-corrected chi connectivity index (χ4v) is 3.90. The summed E-state index contributed by atoms with van der Waals surface area (Å²) in [5.41, 5.74) is 1.77. The summed E-state index contributed by atoms with van der Waals surface area (Å²) in [6, 6.07) is 4.50. The summed E-state index contributed by atoms with van der Waals surface area (Å²) in [5.74, 6) is -1.47. The minimum atomic E-state index is -0.910. The maximum absolute atomic E-state index is 12.8. The van der Waals surface area contributed by atoms with Gasteiger partial charge in [0.15, 0.2) is 0 Å². The molecule has 3 aliphatic rings. The molecule has 3 heterocycles. The lowest BCUT2D eigenvalue weighted by Crippen LogP contribution is -2.54. The van der Waals surface area contributed by atoms with Gasteiger partial charge in [-0.15, -0.1) is 0 Å². The molecule has 4 rings (SSSR count). The minimum Gasteiger partial charge on any atom is -0.317 e. The van der Waals surface area contributed by atoms with Gasteiger partial charge in [0, 0.05) is 6.42 Å². The van der Waals surface area contributed by atoms with Crippen molar-refractivity contribution in [2.45, 2.75) is 65.3 Å². The quantitative estimate of drug-likeness (QED) is 0.743. The molecule has 0 spiro atoms. The Bertz CT molecular complexity index is 784. The predicted molar refractivity (Wildman–Crippen MR) is 111 cm³/mol. The number of rotatable bonds is 2. The second-order valence-corrected chi connectivity index (χ2v) is 6.78. The number of hydrogen-bond donors (Lipinski definition) is 2. The molecule has 2 saturated heterocycles. The van der Waals surface area contributed by atoms with Gasteiger partial charge in [-0.2, -0.15) is 0 Å². The summed E-state index contributed by atoms with van der Waals surface area (Å²) in [7, 11) is 0. The van der Waals surface area contributed by atoms with E-state index in [1.165, 1.54) is 0 Å². The predicted octanol–water partition coefficient (Wildman–Crippen LogP) is 2.61. The standard InChI is InChI=1S/C18H19N3O4.2C2H6/c22-15-4-3-14(16(23)20-15)21-17(24)12-2-1-11(9-13(12)18(21)25)10-5-7-19-8-6-10;2*1-2/h1-2,9-10,14,19H,3-8H2,(H,20,22,23);2*1-2H3. The van der Waals surface area contributed by atoms with Crippen LogP contribution in [0, 0.1) is 0 Å². The normalized spacial score (nSPS) is 21.5. The SMILES string of the molecule is CC.CC.O=C1CCC(N2C(=O)c3ccc(C4CCNCC4)cc3C2=O)C(=O)N1. The molecule has 0 aliphatic carbocycles. The molecule has 29 heavy (non-hydrogen) atoms. The van der Waals surface area contributed by atoms with E-state index in [0.717, 1.165) is 36.4 Å². The van der Waals surface area contributed by atoms with Crippen molar-refractivity contribution in [2.75, 3.05) is 13.1 Å². The van der Waals surface area contributed by atoms with E-state index in [4.69, 9.17) is 0 Å². The maximum atomic E-state index is 12.8. The number of fused-ring (bicyclic) bond motifs is 1.